The average Bonchev–Trinajstić information content (AvgIpc) is 1.87. The second kappa shape index (κ2) is 8.01. The van der Waals surface area contributed by atoms with E-state index in [-0.39, 0.29) is 17.0 Å². The number of rotatable bonds is 4. The molecule has 0 heterocycles. The van der Waals surface area contributed by atoms with E-state index in [1.807, 2.05) is 0 Å². The molecule has 0 N–H and O–H groups in total. The van der Waals surface area contributed by atoms with E-state index in [1.165, 1.54) is 21.4 Å². The summed E-state index contributed by atoms with van der Waals surface area (Å²) in [5.41, 5.74) is 1.92. The summed E-state index contributed by atoms with van der Waals surface area (Å²) < 4.78 is 0. The quantitative estimate of drug-likeness (QED) is 0.640. The summed E-state index contributed by atoms with van der Waals surface area (Å²) in [7, 11) is 1.18. The third kappa shape index (κ3) is 7.02. The van der Waals surface area contributed by atoms with Gasteiger partial charge >= 0.3 is 0 Å². The van der Waals surface area contributed by atoms with Crippen LogP contribution in [-0.2, 0) is 0 Å². The molecule has 0 bridgehead atoms. The van der Waals surface area contributed by atoms with Crippen LogP contribution >= 0.6 is 25.6 Å². The van der Waals surface area contributed by atoms with Crippen molar-refractivity contribution in [1.82, 2.24) is 0 Å². The number of hydrogen-bond donors (Lipinski definition) is 0. The largest absolute Gasteiger partial charge is 0.116 e. The third-order valence-electron chi connectivity index (χ3n) is 1.79. The summed E-state index contributed by atoms with van der Waals surface area (Å²) in [6.07, 6.45) is 2.70. The molecule has 0 aliphatic carbocycles. The summed E-state index contributed by atoms with van der Waals surface area (Å²) in [5.74, 6) is 0. The van der Waals surface area contributed by atoms with E-state index in [0.717, 1.165) is 11.3 Å². The van der Waals surface area contributed by atoms with Gasteiger partial charge in [0.2, 0.25) is 0 Å². The van der Waals surface area contributed by atoms with E-state index in [2.05, 4.69) is 27.7 Å². The van der Waals surface area contributed by atoms with Crippen molar-refractivity contribution in [2.75, 3.05) is 0 Å². The number of hydrogen-bond acceptors (Lipinski definition) is 0. The van der Waals surface area contributed by atoms with Gasteiger partial charge in [0.1, 0.15) is 0 Å². The Balaban J connectivity index is 0. The van der Waals surface area contributed by atoms with Crippen molar-refractivity contribution in [3.8, 4) is 0 Å². The first kappa shape index (κ1) is 13.5. The van der Waals surface area contributed by atoms with E-state index < -0.39 is 0 Å². The first-order chi connectivity index (χ1) is 4.20. The van der Waals surface area contributed by atoms with Crippen molar-refractivity contribution in [2.45, 2.75) is 51.9 Å². The molecule has 0 rings (SSSR count). The molecule has 0 aromatic heterocycles. The first-order valence-electron chi connectivity index (χ1n) is 3.96. The molecule has 0 aliphatic rings. The topological polar surface area (TPSA) is 0 Å². The minimum atomic E-state index is 0. The Labute approximate surface area is 77.7 Å². The molecular formula is C8H20BrP. The minimum Gasteiger partial charge on any atom is -0.116 e. The lowest BCUT2D eigenvalue weighted by atomic mass is 10.4. The van der Waals surface area contributed by atoms with Gasteiger partial charge in [-0.2, -0.15) is 0 Å². The van der Waals surface area contributed by atoms with Crippen LogP contribution in [0.3, 0.4) is 0 Å². The molecule has 0 nitrogen and oxygen atoms in total. The zero-order valence-corrected chi connectivity index (χ0v) is 10.2. The summed E-state index contributed by atoms with van der Waals surface area (Å²) in [5, 5.41) is 0. The average molecular weight is 227 g/mol. The molecule has 2 unspecified atom stereocenters. The molecule has 0 amide bonds. The van der Waals surface area contributed by atoms with Crippen molar-refractivity contribution in [1.29, 1.82) is 0 Å². The highest BCUT2D eigenvalue weighted by Crippen LogP contribution is 2.28. The molecule has 10 heavy (non-hydrogen) atoms. The maximum atomic E-state index is 2.35. The van der Waals surface area contributed by atoms with Crippen LogP contribution in [0.15, 0.2) is 0 Å². The molecule has 0 aromatic carbocycles. The smallest absolute Gasteiger partial charge is 0.0265 e. The van der Waals surface area contributed by atoms with Crippen LogP contribution in [0, 0.1) is 0 Å². The zero-order valence-electron chi connectivity index (χ0n) is 7.48. The Morgan fingerprint density at radius 3 is 1.50 bits per heavy atom. The molecule has 0 saturated heterocycles. The van der Waals surface area contributed by atoms with Crippen molar-refractivity contribution in [3.05, 3.63) is 0 Å². The van der Waals surface area contributed by atoms with Gasteiger partial charge in [-0.05, 0) is 24.2 Å². The lowest BCUT2D eigenvalue weighted by molar-refractivity contribution is 0.848. The lowest BCUT2D eigenvalue weighted by Gasteiger charge is -2.13. The Hall–Kier alpha value is 0.910. The van der Waals surface area contributed by atoms with Gasteiger partial charge in [-0.3, -0.25) is 0 Å². The van der Waals surface area contributed by atoms with E-state index in [9.17, 15) is 0 Å². The molecule has 0 spiro atoms. The summed E-state index contributed by atoms with van der Waals surface area (Å²) in [6.45, 7) is 9.26. The molecule has 0 radical (unpaired) electrons. The van der Waals surface area contributed by atoms with Crippen LogP contribution in [0.25, 0.3) is 0 Å². The SMILES string of the molecule is Br.CCC(C)PC(C)CC. The predicted molar refractivity (Wildman–Crippen MR) is 58.1 cm³/mol. The maximum absolute atomic E-state index is 2.35. The van der Waals surface area contributed by atoms with Crippen LogP contribution in [0.4, 0.5) is 0 Å². The van der Waals surface area contributed by atoms with E-state index in [1.54, 1.807) is 0 Å². The van der Waals surface area contributed by atoms with Crippen LogP contribution in [0.5, 0.6) is 0 Å². The molecule has 2 heteroatoms. The highest BCUT2D eigenvalue weighted by molar-refractivity contribution is 8.93. The molecular weight excluding hydrogens is 207 g/mol. The van der Waals surface area contributed by atoms with Gasteiger partial charge in [0, 0.05) is 0 Å². The molecule has 0 saturated carbocycles. The predicted octanol–water partition coefficient (Wildman–Crippen LogP) is 3.84. The van der Waals surface area contributed by atoms with Gasteiger partial charge in [-0.1, -0.05) is 27.7 Å². The number of halogens is 1. The molecule has 0 fully saturated rings. The van der Waals surface area contributed by atoms with E-state index in [4.69, 9.17) is 0 Å². The Kier molecular flexibility index (Phi) is 10.8. The lowest BCUT2D eigenvalue weighted by Crippen LogP contribution is -1.98. The van der Waals surface area contributed by atoms with Crippen molar-refractivity contribution in [2.24, 2.45) is 0 Å². The minimum absolute atomic E-state index is 0. The Morgan fingerprint density at radius 2 is 1.30 bits per heavy atom. The van der Waals surface area contributed by atoms with E-state index >= 15 is 0 Å². The van der Waals surface area contributed by atoms with Gasteiger partial charge < -0.3 is 0 Å². The Morgan fingerprint density at radius 1 is 1.00 bits per heavy atom. The van der Waals surface area contributed by atoms with Gasteiger partial charge in [-0.25, -0.2) is 0 Å². The fourth-order valence-corrected chi connectivity index (χ4v) is 2.16. The molecule has 2 atom stereocenters. The maximum Gasteiger partial charge on any atom is -0.0265 e. The monoisotopic (exact) mass is 226 g/mol. The standard InChI is InChI=1S/C8H19P.BrH/c1-5-7(3)9-8(4)6-2;/h7-9H,5-6H2,1-4H3;1H. The van der Waals surface area contributed by atoms with Crippen LogP contribution in [0.2, 0.25) is 0 Å². The zero-order chi connectivity index (χ0) is 7.28. The van der Waals surface area contributed by atoms with Crippen molar-refractivity contribution < 1.29 is 0 Å². The van der Waals surface area contributed by atoms with Crippen LogP contribution in [0.1, 0.15) is 40.5 Å². The summed E-state index contributed by atoms with van der Waals surface area (Å²) in [4.78, 5) is 0. The van der Waals surface area contributed by atoms with Gasteiger partial charge in [0.25, 0.3) is 0 Å². The van der Waals surface area contributed by atoms with Gasteiger partial charge in [0.05, 0.1) is 0 Å². The molecule has 0 aliphatic heterocycles. The second-order valence-corrected chi connectivity index (χ2v) is 5.09. The molecule has 0 aromatic rings. The van der Waals surface area contributed by atoms with Crippen molar-refractivity contribution in [3.63, 3.8) is 0 Å². The Bertz CT molecular complexity index is 58.3. The summed E-state index contributed by atoms with van der Waals surface area (Å²) in [6, 6.07) is 0. The van der Waals surface area contributed by atoms with E-state index in [0.29, 0.717) is 0 Å². The fourth-order valence-electron chi connectivity index (χ4n) is 0.721. The normalized spacial score (nSPS) is 16.8. The van der Waals surface area contributed by atoms with Gasteiger partial charge in [-0.15, -0.1) is 25.6 Å². The van der Waals surface area contributed by atoms with Crippen LogP contribution < -0.4 is 0 Å². The highest BCUT2D eigenvalue weighted by Gasteiger charge is 2.02. The van der Waals surface area contributed by atoms with Crippen molar-refractivity contribution >= 4 is 25.6 Å². The second-order valence-electron chi connectivity index (χ2n) is 2.79. The van der Waals surface area contributed by atoms with Gasteiger partial charge in [0.15, 0.2) is 0 Å². The summed E-state index contributed by atoms with van der Waals surface area (Å²) >= 11 is 0. The third-order valence-corrected chi connectivity index (χ3v) is 3.75. The fraction of sp³-hybridized carbons (Fsp3) is 1.00. The first-order valence-corrected chi connectivity index (χ1v) is 5.12. The van der Waals surface area contributed by atoms with Crippen LogP contribution in [-0.4, -0.2) is 11.3 Å². The highest BCUT2D eigenvalue weighted by atomic mass is 79.9. The molecule has 64 valence electrons.